The first-order valence-corrected chi connectivity index (χ1v) is 7.59. The fraction of sp³-hybridized carbons (Fsp3) is 0.333. The van der Waals surface area contributed by atoms with Crippen molar-refractivity contribution in [2.24, 2.45) is 0 Å². The van der Waals surface area contributed by atoms with Gasteiger partial charge in [-0.25, -0.2) is 9.78 Å². The summed E-state index contributed by atoms with van der Waals surface area (Å²) in [5.74, 6) is 0. The molecule has 2 N–H and O–H groups in total. The second-order valence-electron chi connectivity index (χ2n) is 4.54. The highest BCUT2D eigenvalue weighted by molar-refractivity contribution is 7.09. The van der Waals surface area contributed by atoms with Gasteiger partial charge in [0.25, 0.3) is 0 Å². The Morgan fingerprint density at radius 3 is 2.75 bits per heavy atom. The zero-order chi connectivity index (χ0) is 14.4. The van der Waals surface area contributed by atoms with Gasteiger partial charge in [0, 0.05) is 18.1 Å². The molecule has 20 heavy (non-hydrogen) atoms. The Bertz CT molecular complexity index is 554. The van der Waals surface area contributed by atoms with Gasteiger partial charge in [-0.3, -0.25) is 0 Å². The molecule has 2 amide bonds. The summed E-state index contributed by atoms with van der Waals surface area (Å²) >= 11 is 1.54. The maximum Gasteiger partial charge on any atom is 0.315 e. The molecule has 1 aromatic heterocycles. The molecule has 1 atom stereocenters. The van der Waals surface area contributed by atoms with Crippen molar-refractivity contribution in [3.8, 4) is 0 Å². The summed E-state index contributed by atoms with van der Waals surface area (Å²) in [5, 5.41) is 8.60. The highest BCUT2D eigenvalue weighted by Gasteiger charge is 2.11. The second-order valence-corrected chi connectivity index (χ2v) is 5.47. The van der Waals surface area contributed by atoms with Crippen LogP contribution in [0.4, 0.5) is 4.79 Å². The normalized spacial score (nSPS) is 11.9. The summed E-state index contributed by atoms with van der Waals surface area (Å²) in [5.41, 5.74) is 2.42. The maximum absolute atomic E-state index is 11.9. The van der Waals surface area contributed by atoms with Crippen LogP contribution < -0.4 is 10.6 Å². The molecule has 106 valence electrons. The van der Waals surface area contributed by atoms with Crippen LogP contribution in [0.25, 0.3) is 0 Å². The van der Waals surface area contributed by atoms with E-state index in [0.29, 0.717) is 6.54 Å². The van der Waals surface area contributed by atoms with Crippen molar-refractivity contribution in [1.82, 2.24) is 15.6 Å². The zero-order valence-corrected chi connectivity index (χ0v) is 12.5. The van der Waals surface area contributed by atoms with Gasteiger partial charge in [0.2, 0.25) is 0 Å². The second kappa shape index (κ2) is 7.05. The molecule has 1 aromatic carbocycles. The largest absolute Gasteiger partial charge is 0.334 e. The molecule has 2 aromatic rings. The predicted octanol–water partition coefficient (Wildman–Crippen LogP) is 3.27. The SMILES string of the molecule is CCc1ccccc1CNC(=O)NC(C)c1nccs1. The molecule has 2 rings (SSSR count). The summed E-state index contributed by atoms with van der Waals surface area (Å²) in [6.07, 6.45) is 2.71. The van der Waals surface area contributed by atoms with Crippen molar-refractivity contribution >= 4 is 17.4 Å². The minimum atomic E-state index is -0.168. The standard InChI is InChI=1S/C15H19N3OS/c1-3-12-6-4-5-7-13(12)10-17-15(19)18-11(2)14-16-8-9-20-14/h4-9,11H,3,10H2,1-2H3,(H2,17,18,19). The van der Waals surface area contributed by atoms with E-state index in [4.69, 9.17) is 0 Å². The molecule has 4 nitrogen and oxygen atoms in total. The fourth-order valence-electron chi connectivity index (χ4n) is 2.01. The summed E-state index contributed by atoms with van der Waals surface area (Å²) in [6.45, 7) is 4.59. The monoisotopic (exact) mass is 289 g/mol. The number of nitrogens with zero attached hydrogens (tertiary/aromatic N) is 1. The molecule has 0 radical (unpaired) electrons. The number of hydrogen-bond donors (Lipinski definition) is 2. The van der Waals surface area contributed by atoms with Crippen LogP contribution in [-0.4, -0.2) is 11.0 Å². The minimum Gasteiger partial charge on any atom is -0.334 e. The van der Waals surface area contributed by atoms with E-state index in [0.717, 1.165) is 17.0 Å². The Hall–Kier alpha value is -1.88. The number of rotatable bonds is 5. The third kappa shape index (κ3) is 3.81. The number of aryl methyl sites for hydroxylation is 1. The zero-order valence-electron chi connectivity index (χ0n) is 11.7. The van der Waals surface area contributed by atoms with Crippen LogP contribution in [0.15, 0.2) is 35.8 Å². The van der Waals surface area contributed by atoms with Crippen molar-refractivity contribution in [3.05, 3.63) is 52.0 Å². The van der Waals surface area contributed by atoms with Gasteiger partial charge in [0.05, 0.1) is 6.04 Å². The van der Waals surface area contributed by atoms with Crippen molar-refractivity contribution in [3.63, 3.8) is 0 Å². The average molecular weight is 289 g/mol. The van der Waals surface area contributed by atoms with Gasteiger partial charge in [-0.15, -0.1) is 11.3 Å². The van der Waals surface area contributed by atoms with Crippen LogP contribution in [-0.2, 0) is 13.0 Å². The number of nitrogens with one attached hydrogen (secondary N) is 2. The summed E-state index contributed by atoms with van der Waals surface area (Å²) < 4.78 is 0. The van der Waals surface area contributed by atoms with Gasteiger partial charge in [-0.05, 0) is 24.5 Å². The number of thiazole rings is 1. The molecule has 1 heterocycles. The highest BCUT2D eigenvalue weighted by Crippen LogP contribution is 2.14. The number of aromatic nitrogens is 1. The topological polar surface area (TPSA) is 54.0 Å². The smallest absolute Gasteiger partial charge is 0.315 e. The van der Waals surface area contributed by atoms with Crippen molar-refractivity contribution in [1.29, 1.82) is 0 Å². The van der Waals surface area contributed by atoms with Crippen LogP contribution in [0.1, 0.15) is 36.0 Å². The quantitative estimate of drug-likeness (QED) is 0.887. The van der Waals surface area contributed by atoms with Crippen LogP contribution in [0.3, 0.4) is 0 Å². The Labute approximate surface area is 123 Å². The minimum absolute atomic E-state index is 0.0728. The lowest BCUT2D eigenvalue weighted by molar-refractivity contribution is 0.237. The van der Waals surface area contributed by atoms with Gasteiger partial charge in [0.1, 0.15) is 5.01 Å². The van der Waals surface area contributed by atoms with Crippen molar-refractivity contribution < 1.29 is 4.79 Å². The van der Waals surface area contributed by atoms with Gasteiger partial charge in [-0.1, -0.05) is 31.2 Å². The van der Waals surface area contributed by atoms with Gasteiger partial charge in [-0.2, -0.15) is 0 Å². The van der Waals surface area contributed by atoms with Gasteiger partial charge < -0.3 is 10.6 Å². The van der Waals surface area contributed by atoms with Crippen LogP contribution in [0.2, 0.25) is 0 Å². The fourth-order valence-corrected chi connectivity index (χ4v) is 2.65. The van der Waals surface area contributed by atoms with E-state index < -0.39 is 0 Å². The number of urea groups is 1. The van der Waals surface area contributed by atoms with Crippen LogP contribution in [0, 0.1) is 0 Å². The third-order valence-electron chi connectivity index (χ3n) is 3.11. The van der Waals surface area contributed by atoms with E-state index in [1.165, 1.54) is 16.9 Å². The predicted molar refractivity (Wildman–Crippen MR) is 81.7 cm³/mol. The number of carbonyl (C=O) groups is 1. The molecular weight excluding hydrogens is 270 g/mol. The molecule has 0 fully saturated rings. The number of hydrogen-bond acceptors (Lipinski definition) is 3. The Morgan fingerprint density at radius 2 is 2.10 bits per heavy atom. The van der Waals surface area contributed by atoms with Crippen LogP contribution in [0.5, 0.6) is 0 Å². The summed E-state index contributed by atoms with van der Waals surface area (Å²) in [7, 11) is 0. The van der Waals surface area contributed by atoms with Crippen molar-refractivity contribution in [2.75, 3.05) is 0 Å². The number of benzene rings is 1. The first kappa shape index (κ1) is 14.5. The lowest BCUT2D eigenvalue weighted by Crippen LogP contribution is -2.36. The van der Waals surface area contributed by atoms with E-state index in [1.807, 2.05) is 30.5 Å². The Kier molecular flexibility index (Phi) is 5.12. The summed E-state index contributed by atoms with van der Waals surface area (Å²) in [6, 6.07) is 7.91. The molecule has 1 unspecified atom stereocenters. The lowest BCUT2D eigenvalue weighted by Gasteiger charge is -2.13. The van der Waals surface area contributed by atoms with E-state index in [1.54, 1.807) is 6.20 Å². The molecule has 5 heteroatoms. The Balaban J connectivity index is 1.86. The number of amides is 2. The Morgan fingerprint density at radius 1 is 1.35 bits per heavy atom. The molecule has 0 saturated carbocycles. The maximum atomic E-state index is 11.9. The molecule has 0 bridgehead atoms. The molecule has 0 aliphatic carbocycles. The first-order chi connectivity index (χ1) is 9.70. The molecule has 0 saturated heterocycles. The average Bonchev–Trinajstić information content (AvgIpc) is 2.99. The third-order valence-corrected chi connectivity index (χ3v) is 4.07. The van der Waals surface area contributed by atoms with E-state index in [-0.39, 0.29) is 12.1 Å². The number of carbonyl (C=O) groups excluding carboxylic acids is 1. The molecule has 0 spiro atoms. The molecular formula is C15H19N3OS. The van der Waals surface area contributed by atoms with E-state index >= 15 is 0 Å². The molecule has 0 aliphatic heterocycles. The van der Waals surface area contributed by atoms with Crippen molar-refractivity contribution in [2.45, 2.75) is 32.9 Å². The van der Waals surface area contributed by atoms with E-state index in [9.17, 15) is 4.79 Å². The highest BCUT2D eigenvalue weighted by atomic mass is 32.1. The van der Waals surface area contributed by atoms with Gasteiger partial charge in [0.15, 0.2) is 0 Å². The summed E-state index contributed by atoms with van der Waals surface area (Å²) in [4.78, 5) is 16.1. The van der Waals surface area contributed by atoms with E-state index in [2.05, 4.69) is 28.6 Å². The van der Waals surface area contributed by atoms with Gasteiger partial charge >= 0.3 is 6.03 Å². The molecule has 0 aliphatic rings. The lowest BCUT2D eigenvalue weighted by atomic mass is 10.1. The first-order valence-electron chi connectivity index (χ1n) is 6.71. The van der Waals surface area contributed by atoms with Crippen LogP contribution >= 0.6 is 11.3 Å².